The van der Waals surface area contributed by atoms with Gasteiger partial charge < -0.3 is 8.98 Å². The molecule has 9 aromatic carbocycles. The van der Waals surface area contributed by atoms with Crippen LogP contribution >= 0.6 is 11.3 Å². The van der Waals surface area contributed by atoms with Crippen LogP contribution in [-0.2, 0) is 0 Å². The predicted molar refractivity (Wildman–Crippen MR) is 262 cm³/mol. The summed E-state index contributed by atoms with van der Waals surface area (Å²) in [7, 11) is 0. The highest BCUT2D eigenvalue weighted by Crippen LogP contribution is 2.42. The molecule has 13 aromatic rings. The molecule has 6 heteroatoms. The number of nitrogens with zero attached hydrogens (tertiary/aromatic N) is 4. The molecule has 4 heterocycles. The molecule has 63 heavy (non-hydrogen) atoms. The summed E-state index contributed by atoms with van der Waals surface area (Å²) in [6.07, 6.45) is 0. The van der Waals surface area contributed by atoms with Gasteiger partial charge in [0.25, 0.3) is 0 Å². The van der Waals surface area contributed by atoms with E-state index in [2.05, 4.69) is 54.6 Å². The van der Waals surface area contributed by atoms with E-state index in [1.54, 1.807) is 11.3 Å². The molecule has 0 aliphatic carbocycles. The first kappa shape index (κ1) is 25.6. The summed E-state index contributed by atoms with van der Waals surface area (Å²) < 4.78 is 118. The van der Waals surface area contributed by atoms with E-state index in [0.717, 1.165) is 42.4 Å². The van der Waals surface area contributed by atoms with Gasteiger partial charge in [-0.25, -0.2) is 15.0 Å². The molecule has 0 saturated carbocycles. The molecule has 294 valence electrons. The van der Waals surface area contributed by atoms with Crippen LogP contribution in [0.1, 0.15) is 16.4 Å². The lowest BCUT2D eigenvalue weighted by Gasteiger charge is -2.10. The first-order chi connectivity index (χ1) is 36.2. The molecule has 0 radical (unpaired) electrons. The van der Waals surface area contributed by atoms with Crippen LogP contribution in [0.2, 0.25) is 0 Å². The van der Waals surface area contributed by atoms with Crippen molar-refractivity contribution in [3.8, 4) is 62.1 Å². The van der Waals surface area contributed by atoms with Crippen LogP contribution in [-0.4, -0.2) is 19.5 Å². The highest BCUT2D eigenvalue weighted by Gasteiger charge is 2.22. The van der Waals surface area contributed by atoms with Gasteiger partial charge in [0.15, 0.2) is 23.1 Å². The normalized spacial score (nSPS) is 14.5. The zero-order valence-electron chi connectivity index (χ0n) is 44.8. The molecule has 4 aromatic heterocycles. The zero-order chi connectivity index (χ0) is 51.9. The van der Waals surface area contributed by atoms with Gasteiger partial charge in [-0.2, -0.15) is 0 Å². The lowest BCUT2D eigenvalue weighted by Crippen LogP contribution is -2.00. The van der Waals surface area contributed by atoms with Crippen molar-refractivity contribution in [3.05, 3.63) is 206 Å². The molecule has 0 N–H and O–H groups in total. The molecule has 13 rings (SSSR count). The fourth-order valence-electron chi connectivity index (χ4n) is 8.52. The van der Waals surface area contributed by atoms with Gasteiger partial charge in [-0.05, 0) is 70.7 Å². The molecule has 0 spiro atoms. The smallest absolute Gasteiger partial charge is 0.164 e. The molecule has 0 fully saturated rings. The van der Waals surface area contributed by atoms with Gasteiger partial charge in [-0.1, -0.05) is 158 Å². The monoisotopic (exact) mass is 834 g/mol. The zero-order valence-corrected chi connectivity index (χ0v) is 33.6. The van der Waals surface area contributed by atoms with Crippen molar-refractivity contribution in [2.75, 3.05) is 0 Å². The number of benzene rings is 9. The van der Waals surface area contributed by atoms with Gasteiger partial charge in [0, 0.05) is 58.4 Å². The van der Waals surface area contributed by atoms with Gasteiger partial charge in [-0.3, -0.25) is 0 Å². The average molecular weight is 835 g/mol. The molecule has 0 bridgehead atoms. The molecular formula is C57H34N4OS. The van der Waals surface area contributed by atoms with Crippen molar-refractivity contribution >= 4 is 75.3 Å². The Labute approximate surface area is 382 Å². The van der Waals surface area contributed by atoms with Crippen molar-refractivity contribution in [2.45, 2.75) is 0 Å². The topological polar surface area (TPSA) is 56.7 Å². The summed E-state index contributed by atoms with van der Waals surface area (Å²) in [5.74, 6) is 0.454. The minimum Gasteiger partial charge on any atom is -0.454 e. The Morgan fingerprint density at radius 1 is 0.429 bits per heavy atom. The summed E-state index contributed by atoms with van der Waals surface area (Å²) >= 11 is 1.63. The maximum atomic E-state index is 9.51. The van der Waals surface area contributed by atoms with Crippen molar-refractivity contribution in [1.29, 1.82) is 0 Å². The van der Waals surface area contributed by atoms with Gasteiger partial charge in [0.1, 0.15) is 5.58 Å². The molecular weight excluding hydrogens is 789 g/mol. The Balaban J connectivity index is 1.04. The molecule has 0 amide bonds. The van der Waals surface area contributed by atoms with Crippen LogP contribution in [0, 0.1) is 0 Å². The Bertz CT molecular complexity index is 4630. The molecule has 0 atom stereocenters. The lowest BCUT2D eigenvalue weighted by molar-refractivity contribution is 0.666. The molecule has 0 aliphatic heterocycles. The van der Waals surface area contributed by atoms with E-state index in [-0.39, 0.29) is 78.5 Å². The van der Waals surface area contributed by atoms with Crippen molar-refractivity contribution in [3.63, 3.8) is 0 Å². The Morgan fingerprint density at radius 3 is 1.98 bits per heavy atom. The number of hydrogen-bond acceptors (Lipinski definition) is 5. The summed E-state index contributed by atoms with van der Waals surface area (Å²) in [6.45, 7) is 0. The highest BCUT2D eigenvalue weighted by atomic mass is 32.1. The minimum absolute atomic E-state index is 0.0168. The molecule has 0 aliphatic rings. The Morgan fingerprint density at radius 2 is 1.13 bits per heavy atom. The molecule has 0 unspecified atom stereocenters. The van der Waals surface area contributed by atoms with Gasteiger partial charge >= 0.3 is 0 Å². The summed E-state index contributed by atoms with van der Waals surface area (Å²) in [4.78, 5) is 14.9. The fourth-order valence-corrected chi connectivity index (χ4v) is 9.64. The second-order valence-electron chi connectivity index (χ2n) is 15.1. The summed E-state index contributed by atoms with van der Waals surface area (Å²) in [5, 5.41) is 2.09. The van der Waals surface area contributed by atoms with Crippen LogP contribution in [0.4, 0.5) is 0 Å². The average Bonchev–Trinajstić information content (AvgIpc) is 4.11. The second-order valence-corrected chi connectivity index (χ2v) is 16.1. The summed E-state index contributed by atoms with van der Waals surface area (Å²) in [5.41, 5.74) is 4.89. The number of rotatable bonds is 6. The van der Waals surface area contributed by atoms with Crippen molar-refractivity contribution < 1.29 is 20.9 Å². The van der Waals surface area contributed by atoms with E-state index in [0.29, 0.717) is 11.1 Å². The van der Waals surface area contributed by atoms with Crippen molar-refractivity contribution in [2.24, 2.45) is 0 Å². The third-order valence-electron chi connectivity index (χ3n) is 11.4. The number of fused-ring (bicyclic) bond motifs is 9. The Hall–Kier alpha value is -8.19. The third-order valence-corrected chi connectivity index (χ3v) is 12.6. The maximum absolute atomic E-state index is 9.51. The first-order valence-electron chi connectivity index (χ1n) is 26.1. The fraction of sp³-hybridized carbons (Fsp3) is 0. The van der Waals surface area contributed by atoms with Crippen LogP contribution in [0.3, 0.4) is 0 Å². The van der Waals surface area contributed by atoms with Crippen molar-refractivity contribution in [1.82, 2.24) is 19.5 Å². The SMILES string of the molecule is [2H]c1cc2c(oc3c([2H])c([2H])c([2H])c(-c4nc(-c5ccccc5)nc(-c5ccc6c(c5)sc5ccc(-c7cccc(-c8ccccc8)c7)cc56)n4)c32)c(-n2c3cc([2H])c([2H])c([2H])c3c3c([2H])c([2H])c([2H])c([2H])c32)c1[2H]. The number of para-hydroxylation sites is 3. The number of thiophene rings is 1. The van der Waals surface area contributed by atoms with E-state index >= 15 is 0 Å². The minimum atomic E-state index is -0.621. The maximum Gasteiger partial charge on any atom is 0.164 e. The van der Waals surface area contributed by atoms with E-state index < -0.39 is 66.5 Å². The van der Waals surface area contributed by atoms with Gasteiger partial charge in [0.2, 0.25) is 0 Å². The van der Waals surface area contributed by atoms with Gasteiger partial charge in [0.05, 0.1) is 33.2 Å². The molecule has 0 saturated heterocycles. The van der Waals surface area contributed by atoms with E-state index in [4.69, 9.17) is 30.3 Å². The van der Waals surface area contributed by atoms with E-state index in [1.165, 1.54) is 16.7 Å². The quantitative estimate of drug-likeness (QED) is 0.167. The standard InChI is InChI=1S/C57H34N4OS/c1-3-14-35(15-4-1)37-18-11-19-38(32-37)39-29-31-51-46(33-39)43-30-28-40(34-52(43)63-51)56-58-55(36-16-5-2-6-17-36)59-57(60-56)45-23-13-27-50-53(45)44-22-12-26-49(54(44)62-50)61-47-24-9-7-20-41(47)42-21-8-10-25-48(42)61/h1-34H/i7D,8D,9D,10D,12D,13D,20D,21D,23D,24D,26D,27D. The third kappa shape index (κ3) is 5.80. The van der Waals surface area contributed by atoms with Crippen LogP contribution < -0.4 is 0 Å². The lowest BCUT2D eigenvalue weighted by atomic mass is 9.98. The van der Waals surface area contributed by atoms with E-state index in [9.17, 15) is 5.48 Å². The molecule has 5 nitrogen and oxygen atoms in total. The Kier molecular flexibility index (Phi) is 5.76. The second kappa shape index (κ2) is 14.2. The van der Waals surface area contributed by atoms with E-state index in [1.807, 2.05) is 66.7 Å². The van der Waals surface area contributed by atoms with Crippen LogP contribution in [0.25, 0.3) is 126 Å². The number of hydrogen-bond donors (Lipinski definition) is 0. The number of aromatic nitrogens is 4. The van der Waals surface area contributed by atoms with Gasteiger partial charge in [-0.15, -0.1) is 11.3 Å². The largest absolute Gasteiger partial charge is 0.454 e. The first-order valence-corrected chi connectivity index (χ1v) is 20.9. The summed E-state index contributed by atoms with van der Waals surface area (Å²) in [6, 6.07) is 37.1. The van der Waals surface area contributed by atoms with Crippen LogP contribution in [0.15, 0.2) is 210 Å². The predicted octanol–water partition coefficient (Wildman–Crippen LogP) is 15.6. The highest BCUT2D eigenvalue weighted by molar-refractivity contribution is 7.25. The van der Waals surface area contributed by atoms with Crippen LogP contribution in [0.5, 0.6) is 0 Å². The number of furan rings is 1.